The zero-order valence-electron chi connectivity index (χ0n) is 13.8. The van der Waals surface area contributed by atoms with E-state index in [2.05, 4.69) is 4.40 Å². The number of nitrogens with zero attached hydrogens (tertiary/aromatic N) is 2. The fourth-order valence-corrected chi connectivity index (χ4v) is 4.69. The molecule has 0 unspecified atom stereocenters. The first kappa shape index (κ1) is 18.7. The molecule has 0 N–H and O–H groups in total. The van der Waals surface area contributed by atoms with Gasteiger partial charge in [0.05, 0.1) is 9.80 Å². The van der Waals surface area contributed by atoms with Gasteiger partial charge in [0, 0.05) is 11.6 Å². The molecule has 3 rings (SSSR count). The summed E-state index contributed by atoms with van der Waals surface area (Å²) in [6.45, 7) is 2.10. The van der Waals surface area contributed by atoms with Crippen LogP contribution in [0.25, 0.3) is 6.08 Å². The van der Waals surface area contributed by atoms with Gasteiger partial charge in [-0.25, -0.2) is 0 Å². The Morgan fingerprint density at radius 2 is 1.77 bits per heavy atom. The number of carbonyl (C=O) groups excluding carboxylic acids is 1. The number of carbonyl (C=O) groups is 1. The Morgan fingerprint density at radius 3 is 2.38 bits per heavy atom. The average Bonchev–Trinajstić information content (AvgIpc) is 2.90. The van der Waals surface area contributed by atoms with Crippen molar-refractivity contribution in [3.63, 3.8) is 0 Å². The summed E-state index contributed by atoms with van der Waals surface area (Å²) in [5.41, 5.74) is 0.862. The second-order valence-corrected chi connectivity index (χ2v) is 8.42. The fraction of sp³-hybridized carbons (Fsp3) is 0.111. The Hall–Kier alpha value is -2.09. The maximum atomic E-state index is 12.6. The van der Waals surface area contributed by atoms with E-state index < -0.39 is 10.0 Å². The summed E-state index contributed by atoms with van der Waals surface area (Å²) in [5, 5.41) is 0.583. The van der Waals surface area contributed by atoms with Crippen LogP contribution in [0.1, 0.15) is 12.5 Å². The number of halogens is 1. The van der Waals surface area contributed by atoms with Crippen LogP contribution >= 0.6 is 23.4 Å². The lowest BCUT2D eigenvalue weighted by molar-refractivity contribution is -0.122. The van der Waals surface area contributed by atoms with E-state index in [0.29, 0.717) is 16.5 Å². The fourth-order valence-electron chi connectivity index (χ4n) is 2.32. The molecule has 1 fully saturated rings. The molecule has 0 aliphatic carbocycles. The van der Waals surface area contributed by atoms with Gasteiger partial charge in [-0.2, -0.15) is 8.42 Å². The highest BCUT2D eigenvalue weighted by Gasteiger charge is 2.33. The van der Waals surface area contributed by atoms with E-state index in [0.717, 1.165) is 17.3 Å². The molecule has 0 aromatic heterocycles. The summed E-state index contributed by atoms with van der Waals surface area (Å²) in [4.78, 5) is 14.4. The second-order valence-electron chi connectivity index (χ2n) is 5.37. The summed E-state index contributed by atoms with van der Waals surface area (Å²) in [7, 11) is -3.94. The Morgan fingerprint density at radius 1 is 1.12 bits per heavy atom. The number of amides is 1. The number of amidine groups is 1. The Bertz CT molecular complexity index is 985. The third kappa shape index (κ3) is 4.00. The van der Waals surface area contributed by atoms with Crippen molar-refractivity contribution in [1.29, 1.82) is 0 Å². The van der Waals surface area contributed by atoms with Crippen molar-refractivity contribution >= 4 is 50.5 Å². The average molecular weight is 407 g/mol. The quantitative estimate of drug-likeness (QED) is 0.719. The van der Waals surface area contributed by atoms with Crippen LogP contribution in [0.2, 0.25) is 5.02 Å². The highest BCUT2D eigenvalue weighted by atomic mass is 35.5. The van der Waals surface area contributed by atoms with Crippen molar-refractivity contribution in [2.75, 3.05) is 6.54 Å². The van der Waals surface area contributed by atoms with E-state index in [4.69, 9.17) is 11.6 Å². The standard InChI is InChI=1S/C18H15ClN2O3S2/c1-2-21-17(22)16(12-13-6-4-3-5-7-13)25-18(21)20-26(23,24)15-10-8-14(19)9-11-15/h3-12H,2H2,1H3/b16-12-,20-18-. The molecule has 2 aromatic carbocycles. The predicted octanol–water partition coefficient (Wildman–Crippen LogP) is 4.02. The van der Waals surface area contributed by atoms with E-state index in [1.54, 1.807) is 13.0 Å². The van der Waals surface area contributed by atoms with Gasteiger partial charge in [-0.05, 0) is 54.6 Å². The molecule has 1 saturated heterocycles. The SMILES string of the molecule is CCN1C(=O)/C(=C/c2ccccc2)S/C1=N\S(=O)(=O)c1ccc(Cl)cc1. The molecule has 0 radical (unpaired) electrons. The Labute approximate surface area is 161 Å². The van der Waals surface area contributed by atoms with E-state index >= 15 is 0 Å². The predicted molar refractivity (Wildman–Crippen MR) is 105 cm³/mol. The van der Waals surface area contributed by atoms with Crippen LogP contribution in [0.5, 0.6) is 0 Å². The lowest BCUT2D eigenvalue weighted by atomic mass is 10.2. The lowest BCUT2D eigenvalue weighted by Crippen LogP contribution is -2.29. The van der Waals surface area contributed by atoms with Crippen molar-refractivity contribution in [3.05, 3.63) is 70.1 Å². The number of benzene rings is 2. The second kappa shape index (κ2) is 7.65. The largest absolute Gasteiger partial charge is 0.286 e. The lowest BCUT2D eigenvalue weighted by Gasteiger charge is -2.11. The number of thioether (sulfide) groups is 1. The molecule has 1 aliphatic heterocycles. The van der Waals surface area contributed by atoms with Crippen molar-refractivity contribution in [1.82, 2.24) is 4.90 Å². The van der Waals surface area contributed by atoms with Crippen LogP contribution in [0, 0.1) is 0 Å². The van der Waals surface area contributed by atoms with Gasteiger partial charge < -0.3 is 0 Å². The molecule has 1 aliphatic rings. The topological polar surface area (TPSA) is 66.8 Å². The zero-order chi connectivity index (χ0) is 18.7. The molecule has 5 nitrogen and oxygen atoms in total. The molecule has 1 amide bonds. The van der Waals surface area contributed by atoms with Crippen LogP contribution in [0.4, 0.5) is 0 Å². The van der Waals surface area contributed by atoms with Gasteiger partial charge in [0.15, 0.2) is 5.17 Å². The molecular formula is C18H15ClN2O3S2. The van der Waals surface area contributed by atoms with E-state index in [1.807, 2.05) is 30.3 Å². The monoisotopic (exact) mass is 406 g/mol. The summed E-state index contributed by atoms with van der Waals surface area (Å²) >= 11 is 6.85. The van der Waals surface area contributed by atoms with Gasteiger partial charge >= 0.3 is 0 Å². The van der Waals surface area contributed by atoms with Gasteiger partial charge in [0.25, 0.3) is 15.9 Å². The van der Waals surface area contributed by atoms with Crippen LogP contribution in [0.15, 0.2) is 68.8 Å². The van der Waals surface area contributed by atoms with Crippen LogP contribution < -0.4 is 0 Å². The molecule has 0 saturated carbocycles. The smallest absolute Gasteiger partial charge is 0.284 e. The minimum atomic E-state index is -3.94. The number of sulfonamides is 1. The summed E-state index contributed by atoms with van der Waals surface area (Å²) in [6.07, 6.45) is 1.73. The molecule has 2 aromatic rings. The van der Waals surface area contributed by atoms with E-state index in [-0.39, 0.29) is 16.0 Å². The first-order valence-corrected chi connectivity index (χ1v) is 10.4. The summed E-state index contributed by atoms with van der Waals surface area (Å²) in [5.74, 6) is -0.258. The van der Waals surface area contributed by atoms with E-state index in [1.165, 1.54) is 29.2 Å². The van der Waals surface area contributed by atoms with Crippen LogP contribution in [-0.2, 0) is 14.8 Å². The normalized spacial score (nSPS) is 18.1. The Balaban J connectivity index is 1.96. The van der Waals surface area contributed by atoms with Crippen molar-refractivity contribution in [2.24, 2.45) is 4.40 Å². The summed E-state index contributed by atoms with van der Waals surface area (Å²) < 4.78 is 28.9. The number of rotatable bonds is 4. The van der Waals surface area contributed by atoms with Crippen LogP contribution in [0.3, 0.4) is 0 Å². The molecule has 0 atom stereocenters. The first-order chi connectivity index (χ1) is 12.4. The molecule has 0 spiro atoms. The molecule has 0 bridgehead atoms. The van der Waals surface area contributed by atoms with Crippen molar-refractivity contribution in [2.45, 2.75) is 11.8 Å². The van der Waals surface area contributed by atoms with E-state index in [9.17, 15) is 13.2 Å². The molecule has 1 heterocycles. The van der Waals surface area contributed by atoms with Gasteiger partial charge in [-0.3, -0.25) is 9.69 Å². The molecular weight excluding hydrogens is 392 g/mol. The maximum absolute atomic E-state index is 12.6. The van der Waals surface area contributed by atoms with Gasteiger partial charge in [-0.1, -0.05) is 41.9 Å². The molecule has 134 valence electrons. The van der Waals surface area contributed by atoms with Gasteiger partial charge in [0.1, 0.15) is 0 Å². The number of hydrogen-bond acceptors (Lipinski definition) is 4. The highest BCUT2D eigenvalue weighted by Crippen LogP contribution is 2.33. The summed E-state index contributed by atoms with van der Waals surface area (Å²) in [6, 6.07) is 15.1. The van der Waals surface area contributed by atoms with Gasteiger partial charge in [-0.15, -0.1) is 4.40 Å². The third-order valence-corrected chi connectivity index (χ3v) is 6.27. The minimum Gasteiger partial charge on any atom is -0.286 e. The third-order valence-electron chi connectivity index (χ3n) is 3.61. The maximum Gasteiger partial charge on any atom is 0.284 e. The van der Waals surface area contributed by atoms with Crippen molar-refractivity contribution < 1.29 is 13.2 Å². The van der Waals surface area contributed by atoms with Crippen molar-refractivity contribution in [3.8, 4) is 0 Å². The minimum absolute atomic E-state index is 0.0268. The van der Waals surface area contributed by atoms with Crippen LogP contribution in [-0.4, -0.2) is 30.9 Å². The highest BCUT2D eigenvalue weighted by molar-refractivity contribution is 8.19. The zero-order valence-corrected chi connectivity index (χ0v) is 16.2. The Kier molecular flexibility index (Phi) is 5.50. The number of hydrogen-bond donors (Lipinski definition) is 0. The number of likely N-dealkylation sites (N-methyl/N-ethyl adjacent to an activating group) is 1. The van der Waals surface area contributed by atoms with Gasteiger partial charge in [0.2, 0.25) is 0 Å². The molecule has 26 heavy (non-hydrogen) atoms. The molecule has 8 heteroatoms. The first-order valence-electron chi connectivity index (χ1n) is 7.77.